The highest BCUT2D eigenvalue weighted by Gasteiger charge is 2.17. The summed E-state index contributed by atoms with van der Waals surface area (Å²) in [6.07, 6.45) is 1.58. The maximum absolute atomic E-state index is 12.2. The van der Waals surface area contributed by atoms with Crippen LogP contribution in [0.25, 0.3) is 0 Å². The lowest BCUT2D eigenvalue weighted by atomic mass is 10.4. The highest BCUT2D eigenvalue weighted by atomic mass is 35.5. The summed E-state index contributed by atoms with van der Waals surface area (Å²) >= 11 is 9.32. The number of aromatic nitrogens is 2. The van der Waals surface area contributed by atoms with Gasteiger partial charge in [0.2, 0.25) is 0 Å². The molecule has 0 aliphatic carbocycles. The number of carbonyl (C=O) groups excluding carboxylic acids is 1. The van der Waals surface area contributed by atoms with Crippen molar-refractivity contribution in [1.29, 1.82) is 0 Å². The van der Waals surface area contributed by atoms with Crippen molar-refractivity contribution in [2.24, 2.45) is 0 Å². The fraction of sp³-hybridized carbons (Fsp3) is 0.385. The van der Waals surface area contributed by atoms with Crippen molar-refractivity contribution in [2.75, 3.05) is 13.1 Å². The van der Waals surface area contributed by atoms with Gasteiger partial charge in [-0.15, -0.1) is 11.3 Å². The van der Waals surface area contributed by atoms with E-state index in [-0.39, 0.29) is 6.03 Å². The first kappa shape index (κ1) is 15.4. The topological polar surface area (TPSA) is 38.1 Å². The van der Waals surface area contributed by atoms with Crippen molar-refractivity contribution in [3.8, 4) is 0 Å². The maximum atomic E-state index is 12.2. The molecule has 0 radical (unpaired) electrons. The Labute approximate surface area is 131 Å². The molecule has 0 spiro atoms. The van der Waals surface area contributed by atoms with E-state index in [1.165, 1.54) is 22.0 Å². The standard InChI is InChI=1S/C13H16ClN3OS2/c1-4-16(5-2)13(18)17-8-10(14)11(15-17)20-12-9(3)6-7-19-12/h6-8H,4-5H2,1-3H3. The van der Waals surface area contributed by atoms with Gasteiger partial charge in [-0.1, -0.05) is 23.4 Å². The van der Waals surface area contributed by atoms with Crippen LogP contribution in [0, 0.1) is 6.92 Å². The third-order valence-electron chi connectivity index (χ3n) is 2.87. The van der Waals surface area contributed by atoms with E-state index in [4.69, 9.17) is 11.6 Å². The number of thiophene rings is 1. The zero-order valence-electron chi connectivity index (χ0n) is 11.6. The van der Waals surface area contributed by atoms with Gasteiger partial charge in [-0.2, -0.15) is 9.78 Å². The lowest BCUT2D eigenvalue weighted by Crippen LogP contribution is -2.34. The molecule has 1 amide bonds. The minimum atomic E-state index is -0.147. The van der Waals surface area contributed by atoms with Crippen molar-refractivity contribution in [1.82, 2.24) is 14.7 Å². The van der Waals surface area contributed by atoms with Crippen LogP contribution >= 0.6 is 34.7 Å². The summed E-state index contributed by atoms with van der Waals surface area (Å²) in [5, 5.41) is 7.50. The monoisotopic (exact) mass is 329 g/mol. The molecular weight excluding hydrogens is 314 g/mol. The Kier molecular flexibility index (Phi) is 5.12. The van der Waals surface area contributed by atoms with Crippen molar-refractivity contribution >= 4 is 40.7 Å². The average molecular weight is 330 g/mol. The number of hydrogen-bond donors (Lipinski definition) is 0. The summed E-state index contributed by atoms with van der Waals surface area (Å²) in [6, 6.07) is 1.91. The van der Waals surface area contributed by atoms with Gasteiger partial charge < -0.3 is 4.90 Å². The third kappa shape index (κ3) is 3.19. The second kappa shape index (κ2) is 6.65. The van der Waals surface area contributed by atoms with Crippen LogP contribution in [0.1, 0.15) is 19.4 Å². The Morgan fingerprint density at radius 2 is 2.20 bits per heavy atom. The molecule has 20 heavy (non-hydrogen) atoms. The Balaban J connectivity index is 2.21. The van der Waals surface area contributed by atoms with Crippen LogP contribution in [0.2, 0.25) is 5.02 Å². The van der Waals surface area contributed by atoms with Crippen molar-refractivity contribution in [3.63, 3.8) is 0 Å². The van der Waals surface area contributed by atoms with Crippen molar-refractivity contribution in [2.45, 2.75) is 30.0 Å². The number of aryl methyl sites for hydroxylation is 1. The summed E-state index contributed by atoms with van der Waals surface area (Å²) in [4.78, 5) is 13.9. The van der Waals surface area contributed by atoms with E-state index in [0.29, 0.717) is 23.1 Å². The molecule has 2 rings (SSSR count). The molecule has 2 aromatic heterocycles. The number of nitrogens with zero attached hydrogens (tertiary/aromatic N) is 3. The number of amides is 1. The van der Waals surface area contributed by atoms with Crippen LogP contribution in [-0.2, 0) is 0 Å². The molecule has 0 aliphatic rings. The third-order valence-corrected chi connectivity index (χ3v) is 5.61. The highest BCUT2D eigenvalue weighted by Crippen LogP contribution is 2.36. The van der Waals surface area contributed by atoms with Gasteiger partial charge in [-0.05, 0) is 37.8 Å². The fourth-order valence-corrected chi connectivity index (χ4v) is 3.87. The molecule has 0 atom stereocenters. The zero-order chi connectivity index (χ0) is 14.7. The average Bonchev–Trinajstić information content (AvgIpc) is 2.99. The van der Waals surface area contributed by atoms with E-state index >= 15 is 0 Å². The van der Waals surface area contributed by atoms with Gasteiger partial charge in [0.25, 0.3) is 0 Å². The molecule has 0 unspecified atom stereocenters. The molecule has 4 nitrogen and oxygen atoms in total. The minimum Gasteiger partial charge on any atom is -0.323 e. The van der Waals surface area contributed by atoms with Gasteiger partial charge >= 0.3 is 6.03 Å². The van der Waals surface area contributed by atoms with Gasteiger partial charge in [-0.25, -0.2) is 4.79 Å². The van der Waals surface area contributed by atoms with Crippen LogP contribution < -0.4 is 0 Å². The second-order valence-corrected chi connectivity index (χ2v) is 6.76. The van der Waals surface area contributed by atoms with E-state index in [1.54, 1.807) is 22.4 Å². The van der Waals surface area contributed by atoms with Gasteiger partial charge in [0.05, 0.1) is 15.4 Å². The van der Waals surface area contributed by atoms with Crippen LogP contribution in [0.5, 0.6) is 0 Å². The fourth-order valence-electron chi connectivity index (χ4n) is 1.69. The molecule has 0 bridgehead atoms. The SMILES string of the molecule is CCN(CC)C(=O)n1cc(Cl)c(Sc2sccc2C)n1. The number of halogens is 1. The van der Waals surface area contributed by atoms with Gasteiger partial charge in [0.15, 0.2) is 0 Å². The van der Waals surface area contributed by atoms with Crippen LogP contribution in [0.4, 0.5) is 4.79 Å². The number of carbonyl (C=O) groups is 1. The van der Waals surface area contributed by atoms with Gasteiger partial charge in [0.1, 0.15) is 5.03 Å². The summed E-state index contributed by atoms with van der Waals surface area (Å²) in [5.41, 5.74) is 1.20. The minimum absolute atomic E-state index is 0.147. The Morgan fingerprint density at radius 3 is 2.75 bits per heavy atom. The molecular formula is C13H16ClN3OS2. The lowest BCUT2D eigenvalue weighted by molar-refractivity contribution is 0.201. The Morgan fingerprint density at radius 1 is 1.50 bits per heavy atom. The quantitative estimate of drug-likeness (QED) is 0.836. The molecule has 0 saturated heterocycles. The summed E-state index contributed by atoms with van der Waals surface area (Å²) in [7, 11) is 0. The van der Waals surface area contributed by atoms with Crippen molar-refractivity contribution in [3.05, 3.63) is 28.2 Å². The molecule has 0 N–H and O–H groups in total. The molecule has 7 heteroatoms. The first-order chi connectivity index (χ1) is 9.56. The maximum Gasteiger partial charge on any atom is 0.344 e. The van der Waals surface area contributed by atoms with E-state index in [9.17, 15) is 4.79 Å². The normalized spacial score (nSPS) is 10.8. The number of hydrogen-bond acceptors (Lipinski definition) is 4. The van der Waals surface area contributed by atoms with Crippen LogP contribution in [0.15, 0.2) is 26.9 Å². The summed E-state index contributed by atoms with van der Waals surface area (Å²) < 4.78 is 2.47. The Bertz CT molecular complexity index is 605. The van der Waals surface area contributed by atoms with E-state index in [1.807, 2.05) is 26.2 Å². The first-order valence-electron chi connectivity index (χ1n) is 6.33. The summed E-state index contributed by atoms with van der Waals surface area (Å²) in [6.45, 7) is 7.23. The molecule has 0 fully saturated rings. The van der Waals surface area contributed by atoms with Crippen molar-refractivity contribution < 1.29 is 4.79 Å². The lowest BCUT2D eigenvalue weighted by Gasteiger charge is -2.17. The molecule has 2 aromatic rings. The molecule has 2 heterocycles. The summed E-state index contributed by atoms with van der Waals surface area (Å²) in [5.74, 6) is 0. The first-order valence-corrected chi connectivity index (χ1v) is 8.40. The Hall–Kier alpha value is -0.980. The highest BCUT2D eigenvalue weighted by molar-refractivity contribution is 8.01. The smallest absolute Gasteiger partial charge is 0.323 e. The van der Waals surface area contributed by atoms with E-state index < -0.39 is 0 Å². The van der Waals surface area contributed by atoms with E-state index in [2.05, 4.69) is 11.2 Å². The zero-order valence-corrected chi connectivity index (χ0v) is 14.0. The molecule has 0 saturated carbocycles. The largest absolute Gasteiger partial charge is 0.344 e. The van der Waals surface area contributed by atoms with Gasteiger partial charge in [0, 0.05) is 13.1 Å². The molecule has 108 valence electrons. The van der Waals surface area contributed by atoms with Crippen LogP contribution in [0.3, 0.4) is 0 Å². The molecule has 0 aromatic carbocycles. The predicted octanol–water partition coefficient (Wildman–Crippen LogP) is 4.37. The van der Waals surface area contributed by atoms with Crippen LogP contribution in [-0.4, -0.2) is 33.8 Å². The predicted molar refractivity (Wildman–Crippen MR) is 84.1 cm³/mol. The second-order valence-electron chi connectivity index (χ2n) is 4.17. The molecule has 0 aliphatic heterocycles. The van der Waals surface area contributed by atoms with Gasteiger partial charge in [-0.3, -0.25) is 0 Å². The number of rotatable bonds is 4. The van der Waals surface area contributed by atoms with E-state index in [0.717, 1.165) is 4.21 Å².